The fourth-order valence-electron chi connectivity index (χ4n) is 2.69. The molecule has 1 aliphatic heterocycles. The van der Waals surface area contributed by atoms with Crippen LogP contribution < -0.4 is 5.32 Å². The Morgan fingerprint density at radius 1 is 1.29 bits per heavy atom. The molecule has 0 spiro atoms. The van der Waals surface area contributed by atoms with Crippen LogP contribution in [0.3, 0.4) is 0 Å². The van der Waals surface area contributed by atoms with Gasteiger partial charge < -0.3 is 15.1 Å². The van der Waals surface area contributed by atoms with E-state index in [1.165, 1.54) is 52.1 Å². The molecule has 3 heteroatoms. The van der Waals surface area contributed by atoms with Crippen LogP contribution in [0.25, 0.3) is 0 Å². The average molecular weight is 241 g/mol. The third kappa shape index (κ3) is 5.84. The lowest BCUT2D eigenvalue weighted by Crippen LogP contribution is -2.49. The van der Waals surface area contributed by atoms with Crippen LogP contribution >= 0.6 is 0 Å². The SMILES string of the molecule is CCN(CC)CCN1CCCC(NC(C)C)C1. The molecule has 102 valence electrons. The fourth-order valence-corrected chi connectivity index (χ4v) is 2.69. The van der Waals surface area contributed by atoms with Gasteiger partial charge in [0.25, 0.3) is 0 Å². The van der Waals surface area contributed by atoms with Gasteiger partial charge in [-0.25, -0.2) is 0 Å². The van der Waals surface area contributed by atoms with Gasteiger partial charge in [0, 0.05) is 31.7 Å². The first-order valence-corrected chi connectivity index (χ1v) is 7.36. The number of nitrogens with zero attached hydrogens (tertiary/aromatic N) is 2. The highest BCUT2D eigenvalue weighted by molar-refractivity contribution is 4.79. The Morgan fingerprint density at radius 3 is 2.59 bits per heavy atom. The maximum absolute atomic E-state index is 3.67. The Morgan fingerprint density at radius 2 is 2.00 bits per heavy atom. The van der Waals surface area contributed by atoms with Crippen molar-refractivity contribution in [3.05, 3.63) is 0 Å². The minimum atomic E-state index is 0.614. The van der Waals surface area contributed by atoms with E-state index in [1.54, 1.807) is 0 Å². The normalized spacial score (nSPS) is 22.6. The summed E-state index contributed by atoms with van der Waals surface area (Å²) in [5, 5.41) is 3.67. The van der Waals surface area contributed by atoms with Crippen molar-refractivity contribution in [3.63, 3.8) is 0 Å². The summed E-state index contributed by atoms with van der Waals surface area (Å²) in [4.78, 5) is 5.14. The summed E-state index contributed by atoms with van der Waals surface area (Å²) < 4.78 is 0. The molecule has 1 heterocycles. The van der Waals surface area contributed by atoms with Crippen LogP contribution in [-0.2, 0) is 0 Å². The van der Waals surface area contributed by atoms with Crippen molar-refractivity contribution in [2.24, 2.45) is 0 Å². The van der Waals surface area contributed by atoms with Crippen molar-refractivity contribution < 1.29 is 0 Å². The van der Waals surface area contributed by atoms with Crippen molar-refractivity contribution in [1.29, 1.82) is 0 Å². The molecule has 1 unspecified atom stereocenters. The molecule has 0 aromatic carbocycles. The van der Waals surface area contributed by atoms with E-state index in [1.807, 2.05) is 0 Å². The molecule has 1 aliphatic rings. The molecule has 1 rings (SSSR count). The first kappa shape index (κ1) is 14.9. The molecule has 0 aromatic heterocycles. The number of nitrogens with one attached hydrogen (secondary N) is 1. The van der Waals surface area contributed by atoms with Gasteiger partial charge in [0.15, 0.2) is 0 Å². The molecule has 3 nitrogen and oxygen atoms in total. The van der Waals surface area contributed by atoms with Gasteiger partial charge in [0.05, 0.1) is 0 Å². The van der Waals surface area contributed by atoms with E-state index in [0.29, 0.717) is 12.1 Å². The van der Waals surface area contributed by atoms with Crippen LogP contribution in [0.2, 0.25) is 0 Å². The topological polar surface area (TPSA) is 18.5 Å². The summed E-state index contributed by atoms with van der Waals surface area (Å²) in [6.07, 6.45) is 2.70. The van der Waals surface area contributed by atoms with Crippen molar-refractivity contribution in [2.75, 3.05) is 39.3 Å². The second kappa shape index (κ2) is 8.06. The summed E-state index contributed by atoms with van der Waals surface area (Å²) in [5.74, 6) is 0. The van der Waals surface area contributed by atoms with E-state index in [2.05, 4.69) is 42.8 Å². The fraction of sp³-hybridized carbons (Fsp3) is 1.00. The highest BCUT2D eigenvalue weighted by atomic mass is 15.2. The van der Waals surface area contributed by atoms with Gasteiger partial charge in [0.1, 0.15) is 0 Å². The summed E-state index contributed by atoms with van der Waals surface area (Å²) in [6.45, 7) is 16.3. The van der Waals surface area contributed by atoms with Crippen LogP contribution in [-0.4, -0.2) is 61.2 Å². The van der Waals surface area contributed by atoms with Crippen molar-refractivity contribution in [1.82, 2.24) is 15.1 Å². The zero-order chi connectivity index (χ0) is 12.7. The molecular weight excluding hydrogens is 210 g/mol. The van der Waals surface area contributed by atoms with Gasteiger partial charge in [-0.2, -0.15) is 0 Å². The van der Waals surface area contributed by atoms with Gasteiger partial charge in [-0.15, -0.1) is 0 Å². The van der Waals surface area contributed by atoms with Gasteiger partial charge >= 0.3 is 0 Å². The Bertz CT molecular complexity index is 190. The number of piperidine rings is 1. The third-order valence-corrected chi connectivity index (χ3v) is 3.70. The van der Waals surface area contributed by atoms with Gasteiger partial charge in [0.2, 0.25) is 0 Å². The van der Waals surface area contributed by atoms with Crippen molar-refractivity contribution >= 4 is 0 Å². The second-order valence-electron chi connectivity index (χ2n) is 5.49. The van der Waals surface area contributed by atoms with Crippen molar-refractivity contribution in [2.45, 2.75) is 52.6 Å². The largest absolute Gasteiger partial charge is 0.311 e. The Kier molecular flexibility index (Phi) is 7.09. The molecule has 1 atom stereocenters. The van der Waals surface area contributed by atoms with E-state index in [4.69, 9.17) is 0 Å². The van der Waals surface area contributed by atoms with Gasteiger partial charge in [-0.3, -0.25) is 0 Å². The molecule has 0 aliphatic carbocycles. The number of likely N-dealkylation sites (N-methyl/N-ethyl adjacent to an activating group) is 1. The zero-order valence-corrected chi connectivity index (χ0v) is 12.2. The maximum atomic E-state index is 3.67. The van der Waals surface area contributed by atoms with Crippen LogP contribution in [0, 0.1) is 0 Å². The maximum Gasteiger partial charge on any atom is 0.0197 e. The van der Waals surface area contributed by atoms with Crippen molar-refractivity contribution in [3.8, 4) is 0 Å². The summed E-state index contributed by atoms with van der Waals surface area (Å²) >= 11 is 0. The molecule has 0 saturated carbocycles. The highest BCUT2D eigenvalue weighted by Crippen LogP contribution is 2.10. The van der Waals surface area contributed by atoms with Crippen LogP contribution in [0.15, 0.2) is 0 Å². The molecular formula is C14H31N3. The molecule has 0 radical (unpaired) electrons. The van der Waals surface area contributed by atoms with E-state index < -0.39 is 0 Å². The average Bonchev–Trinajstić information content (AvgIpc) is 2.30. The first-order valence-electron chi connectivity index (χ1n) is 7.36. The van der Waals surface area contributed by atoms with Gasteiger partial charge in [-0.05, 0) is 32.5 Å². The predicted molar refractivity (Wildman–Crippen MR) is 75.5 cm³/mol. The summed E-state index contributed by atoms with van der Waals surface area (Å²) in [5.41, 5.74) is 0. The van der Waals surface area contributed by atoms with E-state index in [9.17, 15) is 0 Å². The molecule has 1 saturated heterocycles. The number of hydrogen-bond acceptors (Lipinski definition) is 3. The lowest BCUT2D eigenvalue weighted by atomic mass is 10.0. The quantitative estimate of drug-likeness (QED) is 0.733. The first-order chi connectivity index (χ1) is 8.15. The molecule has 1 fully saturated rings. The minimum Gasteiger partial charge on any atom is -0.311 e. The minimum absolute atomic E-state index is 0.614. The Labute approximate surface area is 108 Å². The number of hydrogen-bond donors (Lipinski definition) is 1. The lowest BCUT2D eigenvalue weighted by Gasteiger charge is -2.35. The van der Waals surface area contributed by atoms with Crippen LogP contribution in [0.5, 0.6) is 0 Å². The molecule has 0 aromatic rings. The van der Waals surface area contributed by atoms with E-state index in [-0.39, 0.29) is 0 Å². The number of rotatable bonds is 7. The standard InChI is InChI=1S/C14H31N3/c1-5-16(6-2)10-11-17-9-7-8-14(12-17)15-13(3)4/h13-15H,5-12H2,1-4H3. The third-order valence-electron chi connectivity index (χ3n) is 3.70. The monoisotopic (exact) mass is 241 g/mol. The second-order valence-corrected chi connectivity index (χ2v) is 5.49. The van der Waals surface area contributed by atoms with Gasteiger partial charge in [-0.1, -0.05) is 27.7 Å². The van der Waals surface area contributed by atoms with Crippen LogP contribution in [0.1, 0.15) is 40.5 Å². The molecule has 1 N–H and O–H groups in total. The predicted octanol–water partition coefficient (Wildman–Crippen LogP) is 1.79. The van der Waals surface area contributed by atoms with Crippen LogP contribution in [0.4, 0.5) is 0 Å². The molecule has 0 bridgehead atoms. The Balaban J connectivity index is 2.24. The molecule has 0 amide bonds. The zero-order valence-electron chi connectivity index (χ0n) is 12.2. The highest BCUT2D eigenvalue weighted by Gasteiger charge is 2.19. The summed E-state index contributed by atoms with van der Waals surface area (Å²) in [6, 6.07) is 1.32. The smallest absolute Gasteiger partial charge is 0.0197 e. The lowest BCUT2D eigenvalue weighted by molar-refractivity contribution is 0.161. The van der Waals surface area contributed by atoms with E-state index >= 15 is 0 Å². The number of likely N-dealkylation sites (tertiary alicyclic amines) is 1. The van der Waals surface area contributed by atoms with E-state index in [0.717, 1.165) is 0 Å². The summed E-state index contributed by atoms with van der Waals surface area (Å²) in [7, 11) is 0. The molecule has 17 heavy (non-hydrogen) atoms. The Hall–Kier alpha value is -0.120.